The van der Waals surface area contributed by atoms with E-state index in [1.54, 1.807) is 0 Å². The lowest BCUT2D eigenvalue weighted by atomic mass is 10.2. The first-order chi connectivity index (χ1) is 9.56. The second-order valence-electron chi connectivity index (χ2n) is 4.71. The van der Waals surface area contributed by atoms with Gasteiger partial charge in [-0.1, -0.05) is 18.3 Å². The van der Waals surface area contributed by atoms with Crippen molar-refractivity contribution in [1.82, 2.24) is 9.97 Å². The van der Waals surface area contributed by atoms with Crippen molar-refractivity contribution in [2.45, 2.75) is 13.3 Å². The summed E-state index contributed by atoms with van der Waals surface area (Å²) in [5.41, 5.74) is 8.53. The quantitative estimate of drug-likeness (QED) is 0.853. The van der Waals surface area contributed by atoms with Gasteiger partial charge in [0.15, 0.2) is 0 Å². The molecule has 5 heteroatoms. The maximum absolute atomic E-state index is 5.69. The van der Waals surface area contributed by atoms with Crippen LogP contribution in [0.3, 0.4) is 0 Å². The van der Waals surface area contributed by atoms with Crippen LogP contribution in [0.25, 0.3) is 0 Å². The number of anilines is 1. The highest BCUT2D eigenvalue weighted by Gasteiger charge is 2.07. The zero-order valence-electron chi connectivity index (χ0n) is 11.7. The molecule has 0 saturated carbocycles. The van der Waals surface area contributed by atoms with Crippen molar-refractivity contribution < 1.29 is 0 Å². The molecule has 0 amide bonds. The Labute approximate surface area is 124 Å². The Kier molecular flexibility index (Phi) is 4.63. The maximum Gasteiger partial charge on any atom is 0.129 e. The fourth-order valence-corrected chi connectivity index (χ4v) is 2.05. The monoisotopic (exact) mass is 286 g/mol. The summed E-state index contributed by atoms with van der Waals surface area (Å²) in [6.45, 7) is 2.78. The second kappa shape index (κ2) is 6.43. The highest BCUT2D eigenvalue weighted by molar-refractivity contribution is 7.80. The number of aryl methyl sites for hydroxylation is 1. The van der Waals surface area contributed by atoms with Crippen LogP contribution in [0.1, 0.15) is 17.0 Å². The molecule has 0 bridgehead atoms. The molecular weight excluding hydrogens is 268 g/mol. The van der Waals surface area contributed by atoms with Crippen molar-refractivity contribution >= 4 is 23.0 Å². The van der Waals surface area contributed by atoms with E-state index in [9.17, 15) is 0 Å². The molecule has 0 radical (unpaired) electrons. The Balaban J connectivity index is 2.09. The summed E-state index contributed by atoms with van der Waals surface area (Å²) in [6.07, 6.45) is 2.68. The van der Waals surface area contributed by atoms with E-state index in [0.717, 1.165) is 35.7 Å². The minimum atomic E-state index is 0.398. The minimum Gasteiger partial charge on any atom is -0.389 e. The first-order valence-corrected chi connectivity index (χ1v) is 6.86. The van der Waals surface area contributed by atoms with Crippen LogP contribution in [0.2, 0.25) is 0 Å². The molecule has 4 nitrogen and oxygen atoms in total. The van der Waals surface area contributed by atoms with Crippen LogP contribution in [0.5, 0.6) is 0 Å². The summed E-state index contributed by atoms with van der Waals surface area (Å²) in [5.74, 6) is 0.878. The molecule has 0 unspecified atom stereocenters. The van der Waals surface area contributed by atoms with Gasteiger partial charge in [-0.3, -0.25) is 4.98 Å². The van der Waals surface area contributed by atoms with Gasteiger partial charge in [0.2, 0.25) is 0 Å². The van der Waals surface area contributed by atoms with Gasteiger partial charge >= 0.3 is 0 Å². The third-order valence-corrected chi connectivity index (χ3v) is 3.28. The smallest absolute Gasteiger partial charge is 0.129 e. The van der Waals surface area contributed by atoms with Crippen LogP contribution in [0.15, 0.2) is 36.5 Å². The summed E-state index contributed by atoms with van der Waals surface area (Å²) < 4.78 is 0. The Bertz CT molecular complexity index is 598. The van der Waals surface area contributed by atoms with Gasteiger partial charge < -0.3 is 10.6 Å². The summed E-state index contributed by atoms with van der Waals surface area (Å²) in [4.78, 5) is 11.3. The van der Waals surface area contributed by atoms with Crippen LogP contribution < -0.4 is 10.6 Å². The average molecular weight is 286 g/mol. The number of rotatable bonds is 5. The van der Waals surface area contributed by atoms with Crippen molar-refractivity contribution in [2.24, 2.45) is 5.73 Å². The molecule has 2 aromatic heterocycles. The first-order valence-electron chi connectivity index (χ1n) is 6.46. The number of hydrogen-bond acceptors (Lipinski definition) is 4. The van der Waals surface area contributed by atoms with Crippen molar-refractivity contribution in [3.8, 4) is 0 Å². The SMILES string of the molecule is Cc1cc(C(N)=S)cc(N(C)CCc2ccccn2)n1. The molecule has 104 valence electrons. The summed E-state index contributed by atoms with van der Waals surface area (Å²) in [6, 6.07) is 9.77. The number of aromatic nitrogens is 2. The highest BCUT2D eigenvalue weighted by Crippen LogP contribution is 2.14. The minimum absolute atomic E-state index is 0.398. The molecule has 0 aliphatic heterocycles. The van der Waals surface area contributed by atoms with Crippen LogP contribution in [0, 0.1) is 6.92 Å². The molecule has 0 spiro atoms. The largest absolute Gasteiger partial charge is 0.389 e. The van der Waals surface area contributed by atoms with Crippen molar-refractivity contribution in [2.75, 3.05) is 18.5 Å². The Morgan fingerprint density at radius 1 is 1.35 bits per heavy atom. The van der Waals surface area contributed by atoms with Gasteiger partial charge in [-0.05, 0) is 31.2 Å². The molecule has 0 aromatic carbocycles. The van der Waals surface area contributed by atoms with E-state index in [2.05, 4.69) is 14.9 Å². The number of nitrogens with two attached hydrogens (primary N) is 1. The zero-order valence-corrected chi connectivity index (χ0v) is 12.5. The van der Waals surface area contributed by atoms with E-state index in [1.165, 1.54) is 0 Å². The van der Waals surface area contributed by atoms with E-state index < -0.39 is 0 Å². The molecule has 0 atom stereocenters. The van der Waals surface area contributed by atoms with Gasteiger partial charge in [-0.2, -0.15) is 0 Å². The molecule has 0 fully saturated rings. The molecule has 0 aliphatic carbocycles. The van der Waals surface area contributed by atoms with E-state index in [-0.39, 0.29) is 0 Å². The van der Waals surface area contributed by atoms with Crippen molar-refractivity contribution in [3.05, 3.63) is 53.5 Å². The fraction of sp³-hybridized carbons (Fsp3) is 0.267. The number of pyridine rings is 2. The van der Waals surface area contributed by atoms with Crippen molar-refractivity contribution in [3.63, 3.8) is 0 Å². The number of hydrogen-bond donors (Lipinski definition) is 1. The Hall–Kier alpha value is -2.01. The molecule has 2 heterocycles. The molecule has 20 heavy (non-hydrogen) atoms. The molecule has 2 N–H and O–H groups in total. The average Bonchev–Trinajstić information content (AvgIpc) is 2.45. The fourth-order valence-electron chi connectivity index (χ4n) is 1.93. The van der Waals surface area contributed by atoms with E-state index in [4.69, 9.17) is 18.0 Å². The highest BCUT2D eigenvalue weighted by atomic mass is 32.1. The van der Waals surface area contributed by atoms with Crippen LogP contribution in [-0.2, 0) is 6.42 Å². The van der Waals surface area contributed by atoms with E-state index in [0.29, 0.717) is 4.99 Å². The van der Waals surface area contributed by atoms with Gasteiger partial charge in [0, 0.05) is 43.2 Å². The van der Waals surface area contributed by atoms with Gasteiger partial charge in [0.25, 0.3) is 0 Å². The van der Waals surface area contributed by atoms with Gasteiger partial charge in [-0.15, -0.1) is 0 Å². The topological polar surface area (TPSA) is 55.0 Å². The molecule has 2 rings (SSSR count). The number of nitrogens with zero attached hydrogens (tertiary/aromatic N) is 3. The maximum atomic E-state index is 5.69. The zero-order chi connectivity index (χ0) is 14.5. The standard InChI is InChI=1S/C15H18N4S/c1-11-9-12(15(16)20)10-14(18-11)19(2)8-6-13-5-3-4-7-17-13/h3-5,7,9-10H,6,8H2,1-2H3,(H2,16,20). The third-order valence-electron chi connectivity index (χ3n) is 3.05. The normalized spacial score (nSPS) is 10.3. The van der Waals surface area contributed by atoms with E-state index >= 15 is 0 Å². The van der Waals surface area contributed by atoms with Gasteiger partial charge in [0.05, 0.1) is 0 Å². The molecular formula is C15H18N4S. The Morgan fingerprint density at radius 3 is 2.80 bits per heavy atom. The van der Waals surface area contributed by atoms with Crippen LogP contribution in [0.4, 0.5) is 5.82 Å². The summed E-state index contributed by atoms with van der Waals surface area (Å²) >= 11 is 5.03. The van der Waals surface area contributed by atoms with Gasteiger partial charge in [0.1, 0.15) is 10.8 Å². The number of likely N-dealkylation sites (N-methyl/N-ethyl adjacent to an activating group) is 1. The van der Waals surface area contributed by atoms with Crippen LogP contribution >= 0.6 is 12.2 Å². The number of thiocarbonyl (C=S) groups is 1. The molecule has 2 aromatic rings. The van der Waals surface area contributed by atoms with E-state index in [1.807, 2.05) is 50.5 Å². The molecule has 0 aliphatic rings. The lowest BCUT2D eigenvalue weighted by Crippen LogP contribution is -2.23. The Morgan fingerprint density at radius 2 is 2.15 bits per heavy atom. The third kappa shape index (κ3) is 3.74. The summed E-state index contributed by atoms with van der Waals surface area (Å²) in [7, 11) is 2.01. The lowest BCUT2D eigenvalue weighted by Gasteiger charge is -2.19. The second-order valence-corrected chi connectivity index (χ2v) is 5.15. The predicted molar refractivity (Wildman–Crippen MR) is 86.1 cm³/mol. The lowest BCUT2D eigenvalue weighted by molar-refractivity contribution is 0.836. The van der Waals surface area contributed by atoms with Gasteiger partial charge in [-0.25, -0.2) is 4.98 Å². The first kappa shape index (κ1) is 14.4. The predicted octanol–water partition coefficient (Wildman–Crippen LogP) is 2.10. The summed E-state index contributed by atoms with van der Waals surface area (Å²) in [5, 5.41) is 0. The van der Waals surface area contributed by atoms with Crippen molar-refractivity contribution in [1.29, 1.82) is 0 Å². The molecule has 0 saturated heterocycles. The van der Waals surface area contributed by atoms with Crippen LogP contribution in [-0.4, -0.2) is 28.5 Å².